The highest BCUT2D eigenvalue weighted by molar-refractivity contribution is 9.10. The lowest BCUT2D eigenvalue weighted by Gasteiger charge is -2.00. The Hall–Kier alpha value is -1.16. The minimum absolute atomic E-state index is 0.754. The quantitative estimate of drug-likeness (QED) is 0.794. The Balaban J connectivity index is 3.05. The molecule has 0 aliphatic carbocycles. The third kappa shape index (κ3) is 2.66. The zero-order valence-electron chi connectivity index (χ0n) is 7.21. The molecule has 0 bridgehead atoms. The van der Waals surface area contributed by atoms with Crippen molar-refractivity contribution in [3.05, 3.63) is 34.7 Å². The molecule has 13 heavy (non-hydrogen) atoms. The summed E-state index contributed by atoms with van der Waals surface area (Å²) < 4.78 is 0.960. The standard InChI is InChI=1S/C9H10BrN3/c1-12-6-7(5-11)9-4-8(10)2-3-13-9/h2-6,11-12H,1H3/b7-6+,11-5?. The molecule has 0 fully saturated rings. The average Bonchev–Trinajstić information content (AvgIpc) is 2.14. The number of nitrogens with one attached hydrogen (secondary N) is 2. The van der Waals surface area contributed by atoms with E-state index in [1.807, 2.05) is 12.1 Å². The average molecular weight is 240 g/mol. The van der Waals surface area contributed by atoms with Gasteiger partial charge in [0.15, 0.2) is 0 Å². The highest BCUT2D eigenvalue weighted by Crippen LogP contribution is 2.14. The molecule has 1 aromatic rings. The normalized spacial score (nSPS) is 11.1. The zero-order chi connectivity index (χ0) is 9.68. The van der Waals surface area contributed by atoms with Crippen molar-refractivity contribution in [2.45, 2.75) is 0 Å². The summed E-state index contributed by atoms with van der Waals surface area (Å²) in [6, 6.07) is 3.72. The van der Waals surface area contributed by atoms with Gasteiger partial charge < -0.3 is 10.7 Å². The molecular weight excluding hydrogens is 230 g/mol. The molecule has 1 aromatic heterocycles. The molecule has 0 amide bonds. The Kier molecular flexibility index (Phi) is 3.64. The van der Waals surface area contributed by atoms with Gasteiger partial charge in [-0.3, -0.25) is 4.98 Å². The molecule has 1 rings (SSSR count). The molecule has 2 N–H and O–H groups in total. The fourth-order valence-electron chi connectivity index (χ4n) is 0.908. The summed E-state index contributed by atoms with van der Waals surface area (Å²) in [6.07, 6.45) is 4.71. The molecule has 0 saturated carbocycles. The highest BCUT2D eigenvalue weighted by atomic mass is 79.9. The maximum atomic E-state index is 7.18. The lowest BCUT2D eigenvalue weighted by atomic mass is 10.2. The monoisotopic (exact) mass is 239 g/mol. The first kappa shape index (κ1) is 9.92. The maximum absolute atomic E-state index is 7.18. The second kappa shape index (κ2) is 4.77. The number of allylic oxidation sites excluding steroid dienone is 1. The number of hydrogen-bond donors (Lipinski definition) is 2. The maximum Gasteiger partial charge on any atom is 0.0742 e. The molecule has 0 aromatic carbocycles. The Morgan fingerprint density at radius 1 is 1.69 bits per heavy atom. The highest BCUT2D eigenvalue weighted by Gasteiger charge is 1.99. The van der Waals surface area contributed by atoms with Gasteiger partial charge in [0.1, 0.15) is 0 Å². The summed E-state index contributed by atoms with van der Waals surface area (Å²) in [5.74, 6) is 0. The van der Waals surface area contributed by atoms with Crippen LogP contribution in [0.5, 0.6) is 0 Å². The lowest BCUT2D eigenvalue weighted by molar-refractivity contribution is 1.10. The second-order valence-corrected chi connectivity index (χ2v) is 3.31. The van der Waals surface area contributed by atoms with Crippen molar-refractivity contribution in [2.24, 2.45) is 0 Å². The van der Waals surface area contributed by atoms with Crippen molar-refractivity contribution < 1.29 is 0 Å². The Morgan fingerprint density at radius 3 is 3.00 bits per heavy atom. The van der Waals surface area contributed by atoms with Crippen molar-refractivity contribution in [3.8, 4) is 0 Å². The smallest absolute Gasteiger partial charge is 0.0742 e. The second-order valence-electron chi connectivity index (χ2n) is 2.39. The third-order valence-electron chi connectivity index (χ3n) is 1.47. The summed E-state index contributed by atoms with van der Waals surface area (Å²) >= 11 is 3.35. The molecular formula is C9H10BrN3. The molecule has 0 saturated heterocycles. The van der Waals surface area contributed by atoms with Gasteiger partial charge in [0.05, 0.1) is 5.69 Å². The number of rotatable bonds is 3. The van der Waals surface area contributed by atoms with E-state index >= 15 is 0 Å². The van der Waals surface area contributed by atoms with Gasteiger partial charge >= 0.3 is 0 Å². The van der Waals surface area contributed by atoms with Gasteiger partial charge in [-0.2, -0.15) is 0 Å². The largest absolute Gasteiger partial charge is 0.393 e. The molecule has 0 unspecified atom stereocenters. The number of aromatic nitrogens is 1. The first-order valence-electron chi connectivity index (χ1n) is 3.77. The number of nitrogens with zero attached hydrogens (tertiary/aromatic N) is 1. The van der Waals surface area contributed by atoms with Crippen LogP contribution in [0, 0.1) is 5.41 Å². The summed E-state index contributed by atoms with van der Waals surface area (Å²) in [4.78, 5) is 4.14. The molecule has 3 nitrogen and oxygen atoms in total. The van der Waals surface area contributed by atoms with Crippen LogP contribution in [0.4, 0.5) is 0 Å². The number of halogens is 1. The van der Waals surface area contributed by atoms with Crippen LogP contribution in [0.15, 0.2) is 29.0 Å². The summed E-state index contributed by atoms with van der Waals surface area (Å²) in [6.45, 7) is 0. The Morgan fingerprint density at radius 2 is 2.46 bits per heavy atom. The fourth-order valence-corrected chi connectivity index (χ4v) is 1.24. The van der Waals surface area contributed by atoms with Crippen molar-refractivity contribution in [2.75, 3.05) is 7.05 Å². The predicted molar refractivity (Wildman–Crippen MR) is 57.8 cm³/mol. The lowest BCUT2D eigenvalue weighted by Crippen LogP contribution is -1.98. The molecule has 0 aliphatic heterocycles. The van der Waals surface area contributed by atoms with Gasteiger partial charge in [-0.05, 0) is 12.1 Å². The summed E-state index contributed by atoms with van der Waals surface area (Å²) in [5.41, 5.74) is 1.53. The number of hydrogen-bond acceptors (Lipinski definition) is 3. The Bertz CT molecular complexity index is 333. The molecule has 1 heterocycles. The SMILES string of the molecule is CN/C=C(\C=N)c1cc(Br)ccn1. The fraction of sp³-hybridized carbons (Fsp3) is 0.111. The van der Waals surface area contributed by atoms with Gasteiger partial charge in [0.25, 0.3) is 0 Å². The molecule has 4 heteroatoms. The van der Waals surface area contributed by atoms with E-state index in [1.54, 1.807) is 19.4 Å². The topological polar surface area (TPSA) is 48.8 Å². The van der Waals surface area contributed by atoms with E-state index in [0.717, 1.165) is 15.7 Å². The molecule has 0 spiro atoms. The van der Waals surface area contributed by atoms with Gasteiger partial charge in [-0.15, -0.1) is 0 Å². The van der Waals surface area contributed by atoms with E-state index in [-0.39, 0.29) is 0 Å². The van der Waals surface area contributed by atoms with Crippen LogP contribution in [0.3, 0.4) is 0 Å². The van der Waals surface area contributed by atoms with Crippen LogP contribution in [0.2, 0.25) is 0 Å². The minimum Gasteiger partial charge on any atom is -0.393 e. The van der Waals surface area contributed by atoms with Gasteiger partial charge in [-0.25, -0.2) is 0 Å². The first-order valence-corrected chi connectivity index (χ1v) is 4.57. The van der Waals surface area contributed by atoms with E-state index in [4.69, 9.17) is 5.41 Å². The van der Waals surface area contributed by atoms with Crippen molar-refractivity contribution in [3.63, 3.8) is 0 Å². The third-order valence-corrected chi connectivity index (χ3v) is 1.97. The van der Waals surface area contributed by atoms with Crippen LogP contribution in [-0.2, 0) is 0 Å². The van der Waals surface area contributed by atoms with Gasteiger partial charge in [0, 0.05) is 35.7 Å². The summed E-state index contributed by atoms with van der Waals surface area (Å²) in [5, 5.41) is 10.1. The van der Waals surface area contributed by atoms with E-state index < -0.39 is 0 Å². The van der Waals surface area contributed by atoms with Crippen LogP contribution in [0.1, 0.15) is 5.69 Å². The van der Waals surface area contributed by atoms with E-state index in [9.17, 15) is 0 Å². The minimum atomic E-state index is 0.754. The Labute approximate surface area is 85.5 Å². The molecule has 0 aliphatic rings. The van der Waals surface area contributed by atoms with Gasteiger partial charge in [-0.1, -0.05) is 15.9 Å². The van der Waals surface area contributed by atoms with Crippen LogP contribution >= 0.6 is 15.9 Å². The summed E-state index contributed by atoms with van der Waals surface area (Å²) in [7, 11) is 1.79. The van der Waals surface area contributed by atoms with E-state index in [1.165, 1.54) is 6.21 Å². The van der Waals surface area contributed by atoms with Crippen molar-refractivity contribution in [1.82, 2.24) is 10.3 Å². The van der Waals surface area contributed by atoms with E-state index in [2.05, 4.69) is 26.2 Å². The predicted octanol–water partition coefficient (Wildman–Crippen LogP) is 2.05. The van der Waals surface area contributed by atoms with Gasteiger partial charge in [0.2, 0.25) is 0 Å². The van der Waals surface area contributed by atoms with Crippen molar-refractivity contribution >= 4 is 27.7 Å². The van der Waals surface area contributed by atoms with Crippen molar-refractivity contribution in [1.29, 1.82) is 5.41 Å². The first-order chi connectivity index (χ1) is 6.27. The molecule has 0 radical (unpaired) electrons. The molecule has 0 atom stereocenters. The number of pyridine rings is 1. The molecule has 68 valence electrons. The van der Waals surface area contributed by atoms with Crippen LogP contribution in [-0.4, -0.2) is 18.2 Å². The zero-order valence-corrected chi connectivity index (χ0v) is 8.80. The van der Waals surface area contributed by atoms with E-state index in [0.29, 0.717) is 0 Å². The van der Waals surface area contributed by atoms with Crippen LogP contribution in [0.25, 0.3) is 5.57 Å². The van der Waals surface area contributed by atoms with Crippen LogP contribution < -0.4 is 5.32 Å².